The van der Waals surface area contributed by atoms with Crippen molar-refractivity contribution in [3.8, 4) is 0 Å². The summed E-state index contributed by atoms with van der Waals surface area (Å²) in [4.78, 5) is 8.73. The largest absolute Gasteiger partial charge is 0.502 e. The molecule has 20 heavy (non-hydrogen) atoms. The summed E-state index contributed by atoms with van der Waals surface area (Å²) >= 11 is 0. The van der Waals surface area contributed by atoms with Crippen LogP contribution in [0.4, 0.5) is 18.9 Å². The fraction of sp³-hybridized carbons (Fsp3) is 0.222. The molecule has 2 heterocycles. The molecule has 0 bridgehead atoms. The van der Waals surface area contributed by atoms with E-state index in [-0.39, 0.29) is 11.3 Å². The van der Waals surface area contributed by atoms with Crippen LogP contribution in [0.3, 0.4) is 0 Å². The molecule has 1 aromatic rings. The van der Waals surface area contributed by atoms with Gasteiger partial charge in [0.1, 0.15) is 5.69 Å². The molecule has 0 saturated carbocycles. The molecule has 1 aliphatic heterocycles. The quantitative estimate of drug-likeness (QED) is 0.456. The van der Waals surface area contributed by atoms with Crippen molar-refractivity contribution in [1.82, 2.24) is 20.0 Å². The lowest BCUT2D eigenvalue weighted by Gasteiger charge is -2.26. The number of hydrazine groups is 1. The van der Waals surface area contributed by atoms with E-state index in [4.69, 9.17) is 5.11 Å². The van der Waals surface area contributed by atoms with Crippen molar-refractivity contribution < 1.29 is 33.5 Å². The Morgan fingerprint density at radius 1 is 1.40 bits per heavy atom. The van der Waals surface area contributed by atoms with E-state index in [1.54, 1.807) is 0 Å². The minimum absolute atomic E-state index is 0.260. The van der Waals surface area contributed by atoms with Gasteiger partial charge in [-0.3, -0.25) is 0 Å². The average Bonchev–Trinajstić information content (AvgIpc) is 2.54. The summed E-state index contributed by atoms with van der Waals surface area (Å²) < 4.78 is 38.8. The first-order valence-electron chi connectivity index (χ1n) is 5.14. The fourth-order valence-electron chi connectivity index (χ4n) is 1.84. The number of aromatic carboxylic acids is 1. The van der Waals surface area contributed by atoms with Crippen LogP contribution in [0.25, 0.3) is 6.08 Å². The molecule has 11 heteroatoms. The predicted molar refractivity (Wildman–Crippen MR) is 57.8 cm³/mol. The highest BCUT2D eigenvalue weighted by Crippen LogP contribution is 2.33. The van der Waals surface area contributed by atoms with E-state index in [0.29, 0.717) is 6.20 Å². The highest BCUT2D eigenvalue weighted by molar-refractivity contribution is 5.93. The van der Waals surface area contributed by atoms with E-state index in [2.05, 4.69) is 0 Å². The minimum Gasteiger partial charge on any atom is -0.477 e. The van der Waals surface area contributed by atoms with Crippen LogP contribution in [-0.2, 0) is 7.05 Å². The third-order valence-corrected chi connectivity index (χ3v) is 2.65. The lowest BCUT2D eigenvalue weighted by atomic mass is 10.2. The zero-order valence-electron chi connectivity index (χ0n) is 9.96. The molecule has 110 valence electrons. The number of aryl methyl sites for hydroxylation is 1. The molecule has 8 nitrogen and oxygen atoms in total. The van der Waals surface area contributed by atoms with Crippen LogP contribution in [0.5, 0.6) is 0 Å². The molecule has 0 atom stereocenters. The smallest absolute Gasteiger partial charge is 0.477 e. The third-order valence-electron chi connectivity index (χ3n) is 2.65. The maximum Gasteiger partial charge on any atom is 0.502 e. The summed E-state index contributed by atoms with van der Waals surface area (Å²) in [7, 11) is 1.31. The Hall–Kier alpha value is -2.08. The molecule has 0 aromatic carbocycles. The molecule has 2 rings (SSSR count). The molecular formula is C9H10F3N4O4+. The van der Waals surface area contributed by atoms with Gasteiger partial charge in [0.15, 0.2) is 0 Å². The number of fused-ring (bicyclic) bond motifs is 1. The van der Waals surface area contributed by atoms with Gasteiger partial charge in [0.2, 0.25) is 5.69 Å². The zero-order chi connectivity index (χ0) is 15.3. The Labute approximate surface area is 109 Å². The Morgan fingerprint density at radius 3 is 2.50 bits per heavy atom. The molecule has 0 amide bonds. The summed E-state index contributed by atoms with van der Waals surface area (Å²) in [6.07, 6.45) is -2.65. The van der Waals surface area contributed by atoms with Gasteiger partial charge in [-0.15, -0.1) is 13.2 Å². The lowest BCUT2D eigenvalue weighted by molar-refractivity contribution is -0.384. The first kappa shape index (κ1) is 14.3. The fourth-order valence-corrected chi connectivity index (χ4v) is 1.84. The van der Waals surface area contributed by atoms with E-state index < -0.39 is 27.9 Å². The molecule has 0 spiro atoms. The van der Waals surface area contributed by atoms with Crippen LogP contribution in [0.1, 0.15) is 16.1 Å². The maximum absolute atomic E-state index is 12.6. The molecular weight excluding hydrogens is 285 g/mol. The van der Waals surface area contributed by atoms with Crippen LogP contribution in [0.15, 0.2) is 12.4 Å². The highest BCUT2D eigenvalue weighted by Gasteiger charge is 2.46. The van der Waals surface area contributed by atoms with Crippen molar-refractivity contribution >= 4 is 17.7 Å². The van der Waals surface area contributed by atoms with Gasteiger partial charge in [0.05, 0.1) is 16.7 Å². The number of hydrogen-bond donors (Lipinski definition) is 4. The predicted octanol–water partition coefficient (Wildman–Crippen LogP) is 1.03. The number of alkyl halides is 3. The van der Waals surface area contributed by atoms with Gasteiger partial charge in [0, 0.05) is 18.8 Å². The molecule has 0 radical (unpaired) electrons. The number of halogens is 3. The van der Waals surface area contributed by atoms with E-state index in [9.17, 15) is 28.4 Å². The monoisotopic (exact) mass is 295 g/mol. The van der Waals surface area contributed by atoms with Gasteiger partial charge in [-0.05, 0) is 6.08 Å². The maximum atomic E-state index is 12.6. The van der Waals surface area contributed by atoms with Crippen molar-refractivity contribution in [3.05, 3.63) is 23.7 Å². The number of aromatic nitrogens is 1. The molecule has 0 fully saturated rings. The van der Waals surface area contributed by atoms with Crippen LogP contribution < -0.4 is 10.5 Å². The van der Waals surface area contributed by atoms with Crippen LogP contribution in [0, 0.1) is 0 Å². The van der Waals surface area contributed by atoms with Gasteiger partial charge in [-0.2, -0.15) is 15.4 Å². The summed E-state index contributed by atoms with van der Waals surface area (Å²) in [5.41, 5.74) is 0.288. The summed E-state index contributed by atoms with van der Waals surface area (Å²) in [5, 5.41) is 27.8. The molecule has 1 aromatic heterocycles. The summed E-state index contributed by atoms with van der Waals surface area (Å²) in [6.45, 7) is 0. The molecule has 0 aliphatic carbocycles. The average molecular weight is 295 g/mol. The molecule has 0 saturated heterocycles. The third kappa shape index (κ3) is 2.22. The van der Waals surface area contributed by atoms with Crippen molar-refractivity contribution in [2.45, 2.75) is 6.30 Å². The van der Waals surface area contributed by atoms with Crippen molar-refractivity contribution in [1.29, 1.82) is 0 Å². The second-order valence-electron chi connectivity index (χ2n) is 4.05. The van der Waals surface area contributed by atoms with E-state index in [0.717, 1.165) is 16.8 Å². The van der Waals surface area contributed by atoms with Crippen molar-refractivity contribution in [2.24, 2.45) is 7.05 Å². The van der Waals surface area contributed by atoms with Gasteiger partial charge < -0.3 is 9.67 Å². The second-order valence-corrected chi connectivity index (χ2v) is 4.05. The van der Waals surface area contributed by atoms with Crippen molar-refractivity contribution in [3.63, 3.8) is 0 Å². The molecule has 4 N–H and O–H groups in total. The van der Waals surface area contributed by atoms with E-state index in [1.165, 1.54) is 12.6 Å². The highest BCUT2D eigenvalue weighted by atomic mass is 19.4. The van der Waals surface area contributed by atoms with Crippen LogP contribution in [-0.4, -0.2) is 37.4 Å². The lowest BCUT2D eigenvalue weighted by Crippen LogP contribution is -2.62. The SMILES string of the molecule is Cn1cc2c(c1C(=O)O)C=CN(C(F)(F)F)N[N+]2(O)O. The second kappa shape index (κ2) is 4.21. The Morgan fingerprint density at radius 2 is 2.00 bits per heavy atom. The van der Waals surface area contributed by atoms with Crippen molar-refractivity contribution in [2.75, 3.05) is 0 Å². The first-order chi connectivity index (χ1) is 9.04. The van der Waals surface area contributed by atoms with Gasteiger partial charge in [0.25, 0.3) is 0 Å². The number of quaternary nitrogens is 1. The number of carbonyl (C=O) groups is 1. The number of carboxylic acid groups (broad SMARTS) is 1. The minimum atomic E-state index is -4.93. The summed E-state index contributed by atoms with van der Waals surface area (Å²) in [5.74, 6) is -1.42. The van der Waals surface area contributed by atoms with E-state index >= 15 is 0 Å². The zero-order valence-corrected chi connectivity index (χ0v) is 9.96. The van der Waals surface area contributed by atoms with Gasteiger partial charge in [-0.1, -0.05) is 0 Å². The molecule has 1 aliphatic rings. The Kier molecular flexibility index (Phi) is 3.02. The standard InChI is InChI=1S/C9H9F3N4O4/c1-14-4-6-5(7(14)8(17)18)2-3-15(9(10,11)12)13-16(6,19)20/h2-4,13,19-20H,1H3/p+1. The van der Waals surface area contributed by atoms with Gasteiger partial charge in [-0.25, -0.2) is 4.79 Å². The normalized spacial score (nSPS) is 17.8. The topological polar surface area (TPSA) is 98.0 Å². The number of nitrogens with zero attached hydrogens (tertiary/aromatic N) is 3. The number of carboxylic acids is 1. The number of nitrogens with one attached hydrogen (secondary N) is 1. The van der Waals surface area contributed by atoms with Crippen LogP contribution in [0.2, 0.25) is 0 Å². The van der Waals surface area contributed by atoms with E-state index in [1.807, 2.05) is 0 Å². The number of hydrogen-bond acceptors (Lipinski definition) is 5. The first-order valence-corrected chi connectivity index (χ1v) is 5.14. The van der Waals surface area contributed by atoms with Crippen LogP contribution >= 0.6 is 0 Å². The van der Waals surface area contributed by atoms with Gasteiger partial charge >= 0.3 is 12.3 Å². The number of rotatable bonds is 1. The molecule has 0 unspecified atom stereocenters. The Bertz CT molecular complexity index is 593. The summed E-state index contributed by atoms with van der Waals surface area (Å²) in [6, 6.07) is 0. The Balaban J connectivity index is 2.61.